The Kier molecular flexibility index (Phi) is 4.05. The van der Waals surface area contributed by atoms with Gasteiger partial charge in [0, 0.05) is 25.1 Å². The second-order valence-electron chi connectivity index (χ2n) is 6.04. The molecule has 0 bridgehead atoms. The minimum absolute atomic E-state index is 0.0694. The van der Waals surface area contributed by atoms with E-state index in [1.54, 1.807) is 23.7 Å². The van der Waals surface area contributed by atoms with Gasteiger partial charge in [0.25, 0.3) is 5.56 Å². The third-order valence-electron chi connectivity index (χ3n) is 4.10. The molecule has 1 aliphatic heterocycles. The number of fused-ring (bicyclic) bond motifs is 1. The van der Waals surface area contributed by atoms with Crippen molar-refractivity contribution in [1.29, 1.82) is 0 Å². The van der Waals surface area contributed by atoms with Crippen molar-refractivity contribution in [2.24, 2.45) is 7.05 Å². The number of hydrogen-bond acceptors (Lipinski definition) is 4. The van der Waals surface area contributed by atoms with E-state index in [-0.39, 0.29) is 23.4 Å². The molecule has 0 aliphatic carbocycles. The maximum Gasteiger partial charge on any atom is 0.312 e. The molecule has 1 aliphatic rings. The molecule has 2 aromatic heterocycles. The van der Waals surface area contributed by atoms with E-state index in [2.05, 4.69) is 9.83 Å². The fourth-order valence-electron chi connectivity index (χ4n) is 2.75. The molecule has 23 heavy (non-hydrogen) atoms. The lowest BCUT2D eigenvalue weighted by atomic mass is 10.0. The first kappa shape index (κ1) is 15.5. The highest BCUT2D eigenvalue weighted by atomic mass is 16.5. The van der Waals surface area contributed by atoms with Crippen LogP contribution in [0.5, 0.6) is 5.75 Å². The van der Waals surface area contributed by atoms with Crippen molar-refractivity contribution in [2.45, 2.75) is 32.3 Å². The van der Waals surface area contributed by atoms with Gasteiger partial charge < -0.3 is 18.9 Å². The van der Waals surface area contributed by atoms with Crippen LogP contribution in [0.1, 0.15) is 31.7 Å². The van der Waals surface area contributed by atoms with Crippen LogP contribution < -0.4 is 10.3 Å². The number of ether oxygens (including phenoxy) is 2. The fraction of sp³-hybridized carbons (Fsp3) is 0.471. The molecule has 1 atom stereocenters. The first-order chi connectivity index (χ1) is 11.0. The number of aryl methyl sites for hydroxylation is 1. The Balaban J connectivity index is 2.21. The van der Waals surface area contributed by atoms with Crippen LogP contribution in [0.4, 0.5) is 5.82 Å². The molecule has 0 aromatic carbocycles. The second kappa shape index (κ2) is 6.01. The van der Waals surface area contributed by atoms with Gasteiger partial charge in [0.05, 0.1) is 18.7 Å². The third-order valence-corrected chi connectivity index (χ3v) is 4.10. The van der Waals surface area contributed by atoms with Gasteiger partial charge in [0.2, 0.25) is 0 Å². The largest absolute Gasteiger partial charge is 0.497 e. The number of pyridine rings is 2. The summed E-state index contributed by atoms with van der Waals surface area (Å²) < 4.78 is 12.7. The average molecular weight is 313 g/mol. The molecule has 3 heterocycles. The quantitative estimate of drug-likeness (QED) is 0.818. The zero-order valence-electron chi connectivity index (χ0n) is 13.5. The minimum atomic E-state index is -0.0892. The topological polar surface area (TPSA) is 57.7 Å². The van der Waals surface area contributed by atoms with Gasteiger partial charge in [-0.2, -0.15) is 0 Å². The highest BCUT2D eigenvalue weighted by Gasteiger charge is 2.22. The zero-order valence-corrected chi connectivity index (χ0v) is 13.5. The van der Waals surface area contributed by atoms with E-state index in [1.165, 1.54) is 0 Å². The van der Waals surface area contributed by atoms with Gasteiger partial charge in [0.15, 0.2) is 5.52 Å². The summed E-state index contributed by atoms with van der Waals surface area (Å²) in [4.78, 5) is 20.2. The Morgan fingerprint density at radius 2 is 2.26 bits per heavy atom. The minimum Gasteiger partial charge on any atom is -0.497 e. The normalized spacial score (nSPS) is 17.6. The summed E-state index contributed by atoms with van der Waals surface area (Å²) >= 11 is 0. The molecular weight excluding hydrogens is 294 g/mol. The van der Waals surface area contributed by atoms with Crippen molar-refractivity contribution in [3.05, 3.63) is 39.5 Å². The predicted molar refractivity (Wildman–Crippen MR) is 87.2 cm³/mol. The Hall–Kier alpha value is -2.39. The summed E-state index contributed by atoms with van der Waals surface area (Å²) in [6.07, 6.45) is 0.723. The average Bonchev–Trinajstić information content (AvgIpc) is 3.03. The Labute approximate surface area is 134 Å². The van der Waals surface area contributed by atoms with E-state index in [1.807, 2.05) is 13.8 Å². The van der Waals surface area contributed by atoms with Gasteiger partial charge in [-0.25, -0.2) is 0 Å². The molecule has 1 saturated heterocycles. The number of hydrogen-bond donors (Lipinski definition) is 0. The van der Waals surface area contributed by atoms with E-state index in [4.69, 9.17) is 16.0 Å². The van der Waals surface area contributed by atoms with Crippen molar-refractivity contribution in [3.8, 4) is 5.75 Å². The molecule has 3 rings (SSSR count). The molecule has 0 amide bonds. The molecule has 6 heteroatoms. The molecule has 120 valence electrons. The summed E-state index contributed by atoms with van der Waals surface area (Å²) in [7, 11) is 1.70. The highest BCUT2D eigenvalue weighted by molar-refractivity contribution is 5.83. The molecular formula is C17H19N3O3. The van der Waals surface area contributed by atoms with Crippen molar-refractivity contribution in [2.75, 3.05) is 13.2 Å². The third kappa shape index (κ3) is 2.80. The van der Waals surface area contributed by atoms with Crippen LogP contribution in [0, 0.1) is 6.57 Å². The Bertz CT molecular complexity index is 843. The van der Waals surface area contributed by atoms with Crippen LogP contribution in [0.25, 0.3) is 15.9 Å². The van der Waals surface area contributed by atoms with Crippen molar-refractivity contribution < 1.29 is 9.47 Å². The lowest BCUT2D eigenvalue weighted by molar-refractivity contribution is 0.142. The zero-order chi connectivity index (χ0) is 16.6. The van der Waals surface area contributed by atoms with E-state index in [9.17, 15) is 4.79 Å². The SMILES string of the molecule is [C-]#[N+]c1nc2c(C(C)C)cc(=O)n(C)c2cc1OC1CCOC1. The van der Waals surface area contributed by atoms with E-state index >= 15 is 0 Å². The Morgan fingerprint density at radius 3 is 2.87 bits per heavy atom. The number of aromatic nitrogens is 2. The molecule has 1 unspecified atom stereocenters. The van der Waals surface area contributed by atoms with Crippen LogP contribution in [-0.2, 0) is 11.8 Å². The first-order valence-electron chi connectivity index (χ1n) is 7.67. The lowest BCUT2D eigenvalue weighted by Crippen LogP contribution is -2.19. The smallest absolute Gasteiger partial charge is 0.312 e. The lowest BCUT2D eigenvalue weighted by Gasteiger charge is -2.15. The van der Waals surface area contributed by atoms with E-state index in [0.29, 0.717) is 30.0 Å². The van der Waals surface area contributed by atoms with Gasteiger partial charge in [0.1, 0.15) is 11.9 Å². The molecule has 0 radical (unpaired) electrons. The van der Waals surface area contributed by atoms with Crippen LogP contribution in [0.15, 0.2) is 16.9 Å². The molecule has 0 saturated carbocycles. The highest BCUT2D eigenvalue weighted by Crippen LogP contribution is 2.33. The van der Waals surface area contributed by atoms with E-state index in [0.717, 1.165) is 12.0 Å². The fourth-order valence-corrected chi connectivity index (χ4v) is 2.75. The van der Waals surface area contributed by atoms with Gasteiger partial charge in [-0.15, -0.1) is 4.98 Å². The van der Waals surface area contributed by atoms with Crippen molar-refractivity contribution >= 4 is 16.9 Å². The van der Waals surface area contributed by atoms with Gasteiger partial charge >= 0.3 is 5.82 Å². The van der Waals surface area contributed by atoms with Crippen LogP contribution in [0.3, 0.4) is 0 Å². The maximum absolute atomic E-state index is 12.2. The van der Waals surface area contributed by atoms with Gasteiger partial charge in [-0.1, -0.05) is 20.4 Å². The standard InChI is InChI=1S/C17H19N3O3/c1-10(2)12-7-15(21)20(4)13-8-14(17(18-3)19-16(12)13)23-11-5-6-22-9-11/h7-8,10-11H,5-6,9H2,1-2,4H3. The summed E-state index contributed by atoms with van der Waals surface area (Å²) in [6, 6.07) is 3.35. The van der Waals surface area contributed by atoms with Gasteiger partial charge in [-0.05, 0) is 12.0 Å². The second-order valence-corrected chi connectivity index (χ2v) is 6.04. The number of nitrogens with zero attached hydrogens (tertiary/aromatic N) is 3. The Morgan fingerprint density at radius 1 is 1.48 bits per heavy atom. The molecule has 0 N–H and O–H groups in total. The molecule has 2 aromatic rings. The van der Waals surface area contributed by atoms with Crippen LogP contribution >= 0.6 is 0 Å². The summed E-state index contributed by atoms with van der Waals surface area (Å²) in [6.45, 7) is 12.6. The van der Waals surface area contributed by atoms with Crippen molar-refractivity contribution in [1.82, 2.24) is 9.55 Å². The van der Waals surface area contributed by atoms with Crippen LogP contribution in [0.2, 0.25) is 0 Å². The summed E-state index contributed by atoms with van der Waals surface area (Å²) in [5.41, 5.74) is 2.13. The molecule has 0 spiro atoms. The van der Waals surface area contributed by atoms with Crippen molar-refractivity contribution in [3.63, 3.8) is 0 Å². The monoisotopic (exact) mass is 313 g/mol. The maximum atomic E-state index is 12.2. The molecule has 6 nitrogen and oxygen atoms in total. The first-order valence-corrected chi connectivity index (χ1v) is 7.67. The summed E-state index contributed by atoms with van der Waals surface area (Å²) in [5.74, 6) is 0.788. The summed E-state index contributed by atoms with van der Waals surface area (Å²) in [5, 5.41) is 0. The van der Waals surface area contributed by atoms with Gasteiger partial charge in [-0.3, -0.25) is 4.79 Å². The van der Waals surface area contributed by atoms with Crippen LogP contribution in [-0.4, -0.2) is 28.9 Å². The van der Waals surface area contributed by atoms with E-state index < -0.39 is 0 Å². The predicted octanol–water partition coefficient (Wildman–Crippen LogP) is 2.78. The molecule has 1 fully saturated rings. The number of rotatable bonds is 3.